The maximum atomic E-state index is 12.1. The lowest BCUT2D eigenvalue weighted by Gasteiger charge is -2.18. The predicted molar refractivity (Wildman–Crippen MR) is 70.5 cm³/mol. The Hall–Kier alpha value is -0.830. The zero-order chi connectivity index (χ0) is 12.7. The highest BCUT2D eigenvalue weighted by Gasteiger charge is 2.22. The number of benzene rings is 1. The second kappa shape index (κ2) is 6.80. The molecular formula is C12H20NO3P. The van der Waals surface area contributed by atoms with Crippen LogP contribution in [0.25, 0.3) is 0 Å². The van der Waals surface area contributed by atoms with Crippen molar-refractivity contribution in [2.45, 2.75) is 20.8 Å². The molecule has 1 aromatic carbocycles. The van der Waals surface area contributed by atoms with Crippen molar-refractivity contribution in [3.63, 3.8) is 0 Å². The van der Waals surface area contributed by atoms with E-state index < -0.39 is 7.60 Å². The summed E-state index contributed by atoms with van der Waals surface area (Å²) in [6.45, 7) is 6.39. The van der Waals surface area contributed by atoms with Crippen LogP contribution in [0.5, 0.6) is 0 Å². The number of aryl methyl sites for hydroxylation is 1. The molecule has 0 heterocycles. The summed E-state index contributed by atoms with van der Waals surface area (Å²) >= 11 is 0. The van der Waals surface area contributed by atoms with Crippen molar-refractivity contribution in [2.75, 3.05) is 24.8 Å². The van der Waals surface area contributed by atoms with Crippen molar-refractivity contribution in [2.24, 2.45) is 0 Å². The molecule has 0 saturated heterocycles. The van der Waals surface area contributed by atoms with Gasteiger partial charge in [0.05, 0.1) is 13.2 Å². The Morgan fingerprint density at radius 2 is 1.65 bits per heavy atom. The molecule has 1 rings (SSSR count). The number of hydrogen-bond donors (Lipinski definition) is 1. The summed E-state index contributed by atoms with van der Waals surface area (Å²) in [6.07, 6.45) is 0.192. The summed E-state index contributed by atoms with van der Waals surface area (Å²) in [7, 11) is -3.01. The van der Waals surface area contributed by atoms with Crippen molar-refractivity contribution in [3.8, 4) is 0 Å². The number of anilines is 1. The van der Waals surface area contributed by atoms with Gasteiger partial charge in [-0.15, -0.1) is 0 Å². The molecule has 5 heteroatoms. The largest absolute Gasteiger partial charge is 0.374 e. The average Bonchev–Trinajstić information content (AvgIpc) is 2.29. The molecule has 0 aromatic heterocycles. The summed E-state index contributed by atoms with van der Waals surface area (Å²) in [4.78, 5) is 0. The van der Waals surface area contributed by atoms with E-state index in [1.165, 1.54) is 5.56 Å². The third-order valence-electron chi connectivity index (χ3n) is 2.18. The van der Waals surface area contributed by atoms with Crippen LogP contribution < -0.4 is 5.32 Å². The molecule has 1 N–H and O–H groups in total. The first-order valence-electron chi connectivity index (χ1n) is 5.78. The van der Waals surface area contributed by atoms with E-state index in [-0.39, 0.29) is 6.29 Å². The Morgan fingerprint density at radius 3 is 2.12 bits per heavy atom. The summed E-state index contributed by atoms with van der Waals surface area (Å²) < 4.78 is 22.5. The van der Waals surface area contributed by atoms with E-state index in [4.69, 9.17) is 9.05 Å². The first-order chi connectivity index (χ1) is 8.09. The van der Waals surface area contributed by atoms with Crippen molar-refractivity contribution in [1.29, 1.82) is 0 Å². The second-order valence-electron chi connectivity index (χ2n) is 3.65. The Labute approximate surface area is 103 Å². The minimum atomic E-state index is -3.01. The zero-order valence-electron chi connectivity index (χ0n) is 10.6. The van der Waals surface area contributed by atoms with Gasteiger partial charge in [0.2, 0.25) is 0 Å². The van der Waals surface area contributed by atoms with Gasteiger partial charge in [0, 0.05) is 5.69 Å². The molecule has 0 atom stereocenters. The monoisotopic (exact) mass is 257 g/mol. The fraction of sp³-hybridized carbons (Fsp3) is 0.500. The Morgan fingerprint density at radius 1 is 1.12 bits per heavy atom. The molecule has 0 fully saturated rings. The van der Waals surface area contributed by atoms with Crippen LogP contribution in [-0.2, 0) is 13.6 Å². The number of hydrogen-bond acceptors (Lipinski definition) is 4. The van der Waals surface area contributed by atoms with Gasteiger partial charge in [-0.05, 0) is 32.9 Å². The first kappa shape index (κ1) is 14.2. The smallest absolute Gasteiger partial charge is 0.349 e. The van der Waals surface area contributed by atoms with E-state index in [0.29, 0.717) is 13.2 Å². The van der Waals surface area contributed by atoms with Gasteiger partial charge in [-0.25, -0.2) is 0 Å². The minimum absolute atomic E-state index is 0.192. The molecule has 0 spiro atoms. The first-order valence-corrected chi connectivity index (χ1v) is 7.51. The van der Waals surface area contributed by atoms with Crippen LogP contribution in [0.2, 0.25) is 0 Å². The molecule has 0 bridgehead atoms. The highest BCUT2D eigenvalue weighted by Crippen LogP contribution is 2.47. The van der Waals surface area contributed by atoms with E-state index in [9.17, 15) is 4.57 Å². The summed E-state index contributed by atoms with van der Waals surface area (Å²) in [6, 6.07) is 7.87. The standard InChI is InChI=1S/C12H20NO3P/c1-4-15-17(14,16-5-2)10-13-12-8-6-11(3)7-9-12/h6-9,13H,4-5,10H2,1-3H3. The lowest BCUT2D eigenvalue weighted by molar-refractivity contribution is 0.221. The van der Waals surface area contributed by atoms with Crippen molar-refractivity contribution in [1.82, 2.24) is 0 Å². The van der Waals surface area contributed by atoms with Gasteiger partial charge in [0.25, 0.3) is 0 Å². The maximum absolute atomic E-state index is 12.1. The fourth-order valence-electron chi connectivity index (χ4n) is 1.38. The maximum Gasteiger partial charge on any atom is 0.349 e. The molecule has 0 radical (unpaired) electrons. The molecule has 0 unspecified atom stereocenters. The van der Waals surface area contributed by atoms with Crippen LogP contribution >= 0.6 is 7.60 Å². The molecule has 0 amide bonds. The van der Waals surface area contributed by atoms with Gasteiger partial charge < -0.3 is 14.4 Å². The van der Waals surface area contributed by atoms with Crippen molar-refractivity contribution in [3.05, 3.63) is 29.8 Å². The van der Waals surface area contributed by atoms with E-state index >= 15 is 0 Å². The van der Waals surface area contributed by atoms with Gasteiger partial charge in [-0.2, -0.15) is 0 Å². The highest BCUT2D eigenvalue weighted by molar-refractivity contribution is 7.53. The average molecular weight is 257 g/mol. The van der Waals surface area contributed by atoms with Crippen LogP contribution in [0.1, 0.15) is 19.4 Å². The molecule has 0 saturated carbocycles. The molecule has 4 nitrogen and oxygen atoms in total. The van der Waals surface area contributed by atoms with Gasteiger partial charge in [0.15, 0.2) is 0 Å². The predicted octanol–water partition coefficient (Wildman–Crippen LogP) is 3.63. The lowest BCUT2D eigenvalue weighted by atomic mass is 10.2. The van der Waals surface area contributed by atoms with Crippen LogP contribution in [0, 0.1) is 6.92 Å². The van der Waals surface area contributed by atoms with Gasteiger partial charge in [0.1, 0.15) is 6.29 Å². The Balaban J connectivity index is 2.57. The fourth-order valence-corrected chi connectivity index (χ4v) is 2.80. The van der Waals surface area contributed by atoms with Crippen molar-refractivity contribution >= 4 is 13.3 Å². The SMILES string of the molecule is CCOP(=O)(CNc1ccc(C)cc1)OCC. The van der Waals surface area contributed by atoms with Crippen molar-refractivity contribution < 1.29 is 13.6 Å². The Bertz CT molecular complexity index is 368. The number of rotatable bonds is 7. The van der Waals surface area contributed by atoms with Crippen LogP contribution in [0.3, 0.4) is 0 Å². The molecule has 1 aromatic rings. The third kappa shape index (κ3) is 4.90. The third-order valence-corrected chi connectivity index (χ3v) is 4.03. The normalized spacial score (nSPS) is 11.5. The molecule has 17 heavy (non-hydrogen) atoms. The lowest BCUT2D eigenvalue weighted by Crippen LogP contribution is -2.07. The van der Waals surface area contributed by atoms with Crippen LogP contribution in [0.4, 0.5) is 5.69 Å². The molecule has 96 valence electrons. The molecular weight excluding hydrogens is 237 g/mol. The molecule has 0 aliphatic rings. The number of nitrogens with one attached hydrogen (secondary N) is 1. The van der Waals surface area contributed by atoms with Crippen LogP contribution in [0.15, 0.2) is 24.3 Å². The van der Waals surface area contributed by atoms with Gasteiger partial charge in [-0.3, -0.25) is 4.57 Å². The Kier molecular flexibility index (Phi) is 5.69. The quantitative estimate of drug-likeness (QED) is 0.758. The summed E-state index contributed by atoms with van der Waals surface area (Å²) in [5.74, 6) is 0. The molecule has 0 aliphatic heterocycles. The van der Waals surface area contributed by atoms with E-state index in [1.54, 1.807) is 13.8 Å². The topological polar surface area (TPSA) is 47.6 Å². The van der Waals surface area contributed by atoms with Gasteiger partial charge in [-0.1, -0.05) is 17.7 Å². The zero-order valence-corrected chi connectivity index (χ0v) is 11.5. The highest BCUT2D eigenvalue weighted by atomic mass is 31.2. The van der Waals surface area contributed by atoms with Gasteiger partial charge >= 0.3 is 7.60 Å². The summed E-state index contributed by atoms with van der Waals surface area (Å²) in [5, 5.41) is 3.07. The summed E-state index contributed by atoms with van der Waals surface area (Å²) in [5.41, 5.74) is 2.10. The molecule has 0 aliphatic carbocycles. The minimum Gasteiger partial charge on any atom is -0.374 e. The van der Waals surface area contributed by atoms with Crippen LogP contribution in [-0.4, -0.2) is 19.5 Å². The second-order valence-corrected chi connectivity index (χ2v) is 5.70. The van der Waals surface area contributed by atoms with E-state index in [0.717, 1.165) is 5.69 Å². The van der Waals surface area contributed by atoms with E-state index in [1.807, 2.05) is 31.2 Å². The van der Waals surface area contributed by atoms with E-state index in [2.05, 4.69) is 5.32 Å².